The molecular weight excluding hydrogens is 763 g/mol. The molecule has 1 atom stereocenters. The van der Waals surface area contributed by atoms with Crippen LogP contribution in [0.1, 0.15) is 101 Å². The van der Waals surface area contributed by atoms with Gasteiger partial charge in [0.2, 0.25) is 0 Å². The summed E-state index contributed by atoms with van der Waals surface area (Å²) in [7, 11) is 0. The molecule has 0 saturated carbocycles. The number of anilines is 3. The first-order valence-corrected chi connectivity index (χ1v) is 22.6. The number of furan rings is 1. The van der Waals surface area contributed by atoms with Gasteiger partial charge in [0, 0.05) is 32.9 Å². The largest absolute Gasteiger partial charge is 0.454 e. The van der Waals surface area contributed by atoms with Crippen LogP contribution >= 0.6 is 0 Å². The van der Waals surface area contributed by atoms with Crippen LogP contribution in [-0.4, -0.2) is 0 Å². The zero-order valence-electron chi connectivity index (χ0n) is 38.0. The topological polar surface area (TPSA) is 16.4 Å². The van der Waals surface area contributed by atoms with Crippen molar-refractivity contribution in [1.29, 1.82) is 0 Å². The second-order valence-corrected chi connectivity index (χ2v) is 20.7. The lowest BCUT2D eigenvalue weighted by molar-refractivity contribution is 0.564. The highest BCUT2D eigenvalue weighted by molar-refractivity contribution is 6.11. The normalized spacial score (nSPS) is 16.2. The maximum atomic E-state index is 6.90. The molecule has 0 N–H and O–H groups in total. The average Bonchev–Trinajstić information content (AvgIpc) is 3.87. The van der Waals surface area contributed by atoms with E-state index < -0.39 is 0 Å². The lowest BCUT2D eigenvalue weighted by atomic mass is 9.74. The molecule has 310 valence electrons. The van der Waals surface area contributed by atoms with Gasteiger partial charge >= 0.3 is 0 Å². The highest BCUT2D eigenvalue weighted by atomic mass is 16.3. The van der Waals surface area contributed by atoms with Crippen molar-refractivity contribution in [2.75, 3.05) is 4.90 Å². The lowest BCUT2D eigenvalue weighted by Crippen LogP contribution is -2.23. The van der Waals surface area contributed by atoms with Gasteiger partial charge in [0.15, 0.2) is 5.58 Å². The van der Waals surface area contributed by atoms with Gasteiger partial charge in [-0.2, -0.15) is 0 Å². The van der Waals surface area contributed by atoms with Gasteiger partial charge in [-0.1, -0.05) is 195 Å². The summed E-state index contributed by atoms with van der Waals surface area (Å²) < 4.78 is 6.90. The van der Waals surface area contributed by atoms with Crippen LogP contribution in [-0.2, 0) is 21.7 Å². The fraction of sp³-hybridized carbons (Fsp3) is 0.213. The lowest BCUT2D eigenvalue weighted by Gasteiger charge is -2.32. The van der Waals surface area contributed by atoms with Crippen LogP contribution in [0.3, 0.4) is 0 Å². The zero-order chi connectivity index (χ0) is 43.6. The maximum Gasteiger partial charge on any atom is 0.159 e. The number of rotatable bonds is 5. The highest BCUT2D eigenvalue weighted by Crippen LogP contribution is 2.59. The molecule has 2 aliphatic rings. The summed E-state index contributed by atoms with van der Waals surface area (Å²) in [5.74, 6) is 0. The SMILES string of the molecule is CC(C)(C)c1cc(C(C)(C)C)c2c(c1)C(C)(C)c1cccc(-c3ccccc3N(c3ccc4c(c3)C(C)(c3ccccc3)c3ccccc3-4)c3cccc4c3oc3ccccc34)c1-2. The summed E-state index contributed by atoms with van der Waals surface area (Å²) in [6.07, 6.45) is 0. The van der Waals surface area contributed by atoms with Crippen LogP contribution in [0.15, 0.2) is 174 Å². The quantitative estimate of drug-likeness (QED) is 0.172. The number of hydrogen-bond acceptors (Lipinski definition) is 2. The predicted octanol–water partition coefficient (Wildman–Crippen LogP) is 17.0. The molecule has 8 aromatic carbocycles. The second-order valence-electron chi connectivity index (χ2n) is 20.7. The van der Waals surface area contributed by atoms with Gasteiger partial charge in [0.1, 0.15) is 5.58 Å². The van der Waals surface area contributed by atoms with Gasteiger partial charge in [-0.05, 0) is 115 Å². The molecule has 1 unspecified atom stereocenters. The summed E-state index contributed by atoms with van der Waals surface area (Å²) in [6, 6.07) is 63.2. The average molecular weight is 818 g/mol. The maximum absolute atomic E-state index is 6.90. The van der Waals surface area contributed by atoms with E-state index in [1.165, 1.54) is 72.3 Å². The van der Waals surface area contributed by atoms with Gasteiger partial charge in [0.25, 0.3) is 0 Å². The van der Waals surface area contributed by atoms with E-state index in [9.17, 15) is 0 Å². The minimum atomic E-state index is -0.357. The van der Waals surface area contributed by atoms with E-state index in [1.54, 1.807) is 0 Å². The Morgan fingerprint density at radius 2 is 1.06 bits per heavy atom. The first kappa shape index (κ1) is 39.2. The third kappa shape index (κ3) is 5.76. The molecule has 0 radical (unpaired) electrons. The Labute approximate surface area is 372 Å². The Morgan fingerprint density at radius 3 is 1.84 bits per heavy atom. The third-order valence-electron chi connectivity index (χ3n) is 14.4. The molecule has 0 spiro atoms. The van der Waals surface area contributed by atoms with E-state index >= 15 is 0 Å². The van der Waals surface area contributed by atoms with E-state index in [0.717, 1.165) is 39.0 Å². The molecule has 2 heteroatoms. The minimum Gasteiger partial charge on any atom is -0.454 e. The van der Waals surface area contributed by atoms with Crippen molar-refractivity contribution in [2.45, 2.75) is 84.0 Å². The molecule has 2 nitrogen and oxygen atoms in total. The number of benzene rings is 8. The molecule has 0 amide bonds. The van der Waals surface area contributed by atoms with E-state index in [0.29, 0.717) is 0 Å². The zero-order valence-corrected chi connectivity index (χ0v) is 38.0. The van der Waals surface area contributed by atoms with Crippen molar-refractivity contribution in [1.82, 2.24) is 0 Å². The number of hydrogen-bond donors (Lipinski definition) is 0. The molecule has 9 aromatic rings. The van der Waals surface area contributed by atoms with Crippen molar-refractivity contribution < 1.29 is 4.42 Å². The van der Waals surface area contributed by atoms with Gasteiger partial charge in [0.05, 0.1) is 11.4 Å². The van der Waals surface area contributed by atoms with Crippen molar-refractivity contribution in [2.24, 2.45) is 0 Å². The molecular formula is C61H55NO. The minimum absolute atomic E-state index is 0.0152. The summed E-state index contributed by atoms with van der Waals surface area (Å²) >= 11 is 0. The van der Waals surface area contributed by atoms with Crippen LogP contribution in [0, 0.1) is 0 Å². The number of nitrogens with zero attached hydrogens (tertiary/aromatic N) is 1. The molecule has 2 aliphatic carbocycles. The highest BCUT2D eigenvalue weighted by Gasteiger charge is 2.43. The molecule has 0 fully saturated rings. The van der Waals surface area contributed by atoms with Crippen LogP contribution in [0.2, 0.25) is 0 Å². The first-order chi connectivity index (χ1) is 30.2. The Balaban J connectivity index is 1.21. The third-order valence-corrected chi connectivity index (χ3v) is 14.4. The van der Waals surface area contributed by atoms with Crippen molar-refractivity contribution >= 4 is 39.0 Å². The Morgan fingerprint density at radius 1 is 0.444 bits per heavy atom. The second kappa shape index (κ2) is 13.7. The molecule has 11 rings (SSSR count). The predicted molar refractivity (Wildman–Crippen MR) is 266 cm³/mol. The van der Waals surface area contributed by atoms with Gasteiger partial charge in [-0.25, -0.2) is 0 Å². The van der Waals surface area contributed by atoms with Crippen molar-refractivity contribution in [3.05, 3.63) is 209 Å². The molecule has 0 bridgehead atoms. The van der Waals surface area contributed by atoms with Crippen LogP contribution in [0.5, 0.6) is 0 Å². The Kier molecular flexibility index (Phi) is 8.52. The first-order valence-electron chi connectivity index (χ1n) is 22.6. The standard InChI is InChI=1S/C61H55NO/c1-58(2,3)39-35-50(59(4,5)6)56-51(36-39)60(7,8)48-29-19-26-45(55(48)56)43-24-14-17-30-52(43)62(53-31-20-27-46-44-25-15-18-32-54(44)63-57(46)53)40-33-34-42-41-23-13-16-28-47(41)61(9,49(42)37-40)38-21-11-10-12-22-38/h10-37H,1-9H3. The molecule has 0 aliphatic heterocycles. The fourth-order valence-electron chi connectivity index (χ4n) is 11.1. The van der Waals surface area contributed by atoms with Gasteiger partial charge in [-0.3, -0.25) is 0 Å². The Hall–Kier alpha value is -6.64. The van der Waals surface area contributed by atoms with Gasteiger partial charge < -0.3 is 9.32 Å². The molecule has 0 saturated heterocycles. The van der Waals surface area contributed by atoms with Crippen LogP contribution in [0.4, 0.5) is 17.1 Å². The van der Waals surface area contributed by atoms with Crippen molar-refractivity contribution in [3.63, 3.8) is 0 Å². The Bertz CT molecular complexity index is 3290. The molecule has 1 aromatic heterocycles. The monoisotopic (exact) mass is 817 g/mol. The summed E-state index contributed by atoms with van der Waals surface area (Å²) in [5, 5.41) is 2.22. The van der Waals surface area contributed by atoms with Crippen molar-refractivity contribution in [3.8, 4) is 33.4 Å². The van der Waals surface area contributed by atoms with E-state index in [4.69, 9.17) is 4.42 Å². The number of para-hydroxylation sites is 3. The smallest absolute Gasteiger partial charge is 0.159 e. The van der Waals surface area contributed by atoms with E-state index in [-0.39, 0.29) is 21.7 Å². The molecule has 63 heavy (non-hydrogen) atoms. The van der Waals surface area contributed by atoms with E-state index in [1.807, 2.05) is 0 Å². The summed E-state index contributed by atoms with van der Waals surface area (Å²) in [4.78, 5) is 2.47. The van der Waals surface area contributed by atoms with Crippen LogP contribution < -0.4 is 4.90 Å². The van der Waals surface area contributed by atoms with E-state index in [2.05, 4.69) is 237 Å². The molecule has 1 heterocycles. The van der Waals surface area contributed by atoms with Gasteiger partial charge in [-0.15, -0.1) is 0 Å². The number of fused-ring (bicyclic) bond motifs is 9. The fourth-order valence-corrected chi connectivity index (χ4v) is 11.1. The summed E-state index contributed by atoms with van der Waals surface area (Å²) in [6.45, 7) is 21.4. The van der Waals surface area contributed by atoms with Crippen LogP contribution in [0.25, 0.3) is 55.3 Å². The summed E-state index contributed by atoms with van der Waals surface area (Å²) in [5.41, 5.74) is 21.6.